The number of benzene rings is 2. The van der Waals surface area contributed by atoms with Crippen LogP contribution in [0.1, 0.15) is 33.0 Å². The van der Waals surface area contributed by atoms with Gasteiger partial charge in [0.25, 0.3) is 0 Å². The second-order valence-electron chi connectivity index (χ2n) is 11.0. The van der Waals surface area contributed by atoms with Crippen LogP contribution in [-0.4, -0.2) is 59.9 Å². The zero-order valence-electron chi connectivity index (χ0n) is 24.1. The van der Waals surface area contributed by atoms with Gasteiger partial charge in [-0.05, 0) is 51.0 Å². The molecule has 1 aromatic heterocycles. The van der Waals surface area contributed by atoms with Crippen LogP contribution in [0.3, 0.4) is 0 Å². The maximum absolute atomic E-state index is 12.8. The molecule has 41 heavy (non-hydrogen) atoms. The molecule has 10 heteroatoms. The Morgan fingerprint density at radius 1 is 1.17 bits per heavy atom. The largest absolute Gasteiger partial charge is 0.495 e. The third-order valence-corrected chi connectivity index (χ3v) is 7.69. The summed E-state index contributed by atoms with van der Waals surface area (Å²) in [5, 5.41) is 5.05. The van der Waals surface area contributed by atoms with Crippen LogP contribution in [0.15, 0.2) is 55.4 Å². The molecule has 0 radical (unpaired) electrons. The van der Waals surface area contributed by atoms with Gasteiger partial charge in [0.15, 0.2) is 0 Å². The molecule has 1 aliphatic heterocycles. The predicted octanol–water partition coefficient (Wildman–Crippen LogP) is 7.08. The first-order valence-corrected chi connectivity index (χ1v) is 14.1. The molecule has 3 aromatic rings. The number of nitrogens with one attached hydrogen (secondary N) is 1. The quantitative estimate of drug-likeness (QED) is 0.277. The van der Waals surface area contributed by atoms with E-state index in [1.165, 1.54) is 0 Å². The third kappa shape index (κ3) is 7.05. The maximum Gasteiger partial charge on any atom is 0.410 e. The van der Waals surface area contributed by atoms with Gasteiger partial charge in [0.1, 0.15) is 22.9 Å². The zero-order chi connectivity index (χ0) is 29.9. The number of hydrogen-bond acceptors (Lipinski definition) is 7. The van der Waals surface area contributed by atoms with Crippen LogP contribution in [0.4, 0.5) is 4.79 Å². The number of piperidine rings is 1. The van der Waals surface area contributed by atoms with Crippen molar-refractivity contribution in [3.8, 4) is 22.6 Å². The minimum absolute atomic E-state index is 0.0338. The van der Waals surface area contributed by atoms with Gasteiger partial charge < -0.3 is 24.4 Å². The fourth-order valence-electron chi connectivity index (χ4n) is 4.92. The fourth-order valence-corrected chi connectivity index (χ4v) is 5.64. The van der Waals surface area contributed by atoms with Gasteiger partial charge in [-0.2, -0.15) is 0 Å². The highest BCUT2D eigenvalue weighted by Crippen LogP contribution is 2.46. The first-order chi connectivity index (χ1) is 19.4. The molecule has 0 bridgehead atoms. The van der Waals surface area contributed by atoms with Gasteiger partial charge in [-0.1, -0.05) is 42.4 Å². The van der Waals surface area contributed by atoms with Crippen LogP contribution in [0.25, 0.3) is 22.0 Å². The van der Waals surface area contributed by atoms with E-state index in [0.717, 1.165) is 28.6 Å². The van der Waals surface area contributed by atoms with Gasteiger partial charge in [-0.25, -0.2) is 14.8 Å². The molecule has 0 spiro atoms. The summed E-state index contributed by atoms with van der Waals surface area (Å²) in [6, 6.07) is 7.50. The lowest BCUT2D eigenvalue weighted by atomic mass is 9.88. The lowest BCUT2D eigenvalue weighted by molar-refractivity contribution is 0.0135. The molecule has 4 rings (SSSR count). The topological polar surface area (TPSA) is 85.8 Å². The Hall–Kier alpha value is -3.49. The molecule has 1 N–H and O–H groups in total. The van der Waals surface area contributed by atoms with Crippen molar-refractivity contribution in [2.45, 2.75) is 45.3 Å². The number of nitrogens with zero attached hydrogens (tertiary/aromatic N) is 3. The second kappa shape index (κ2) is 12.6. The van der Waals surface area contributed by atoms with Gasteiger partial charge in [-0.15, -0.1) is 0 Å². The summed E-state index contributed by atoms with van der Waals surface area (Å²) in [6.07, 6.45) is 4.46. The van der Waals surface area contributed by atoms with Crippen LogP contribution in [-0.2, 0) is 11.2 Å². The molecule has 218 valence electrons. The van der Waals surface area contributed by atoms with E-state index in [0.29, 0.717) is 52.4 Å². The molecule has 0 saturated carbocycles. The highest BCUT2D eigenvalue weighted by Gasteiger charge is 2.34. The monoisotopic (exact) mass is 598 g/mol. The van der Waals surface area contributed by atoms with E-state index in [2.05, 4.69) is 23.5 Å². The van der Waals surface area contributed by atoms with Crippen molar-refractivity contribution < 1.29 is 19.0 Å². The third-order valence-electron chi connectivity index (χ3n) is 6.94. The number of hydrogen-bond donors (Lipinski definition) is 1. The number of likely N-dealkylation sites (tertiary alicyclic amines) is 1. The van der Waals surface area contributed by atoms with Crippen molar-refractivity contribution >= 4 is 40.2 Å². The van der Waals surface area contributed by atoms with Crippen LogP contribution >= 0.6 is 23.2 Å². The number of allylic oxidation sites excluding steroid dienone is 1. The highest BCUT2D eigenvalue weighted by atomic mass is 35.5. The molecule has 2 heterocycles. The van der Waals surface area contributed by atoms with Crippen molar-refractivity contribution in [1.82, 2.24) is 20.2 Å². The molecule has 8 nitrogen and oxygen atoms in total. The molecule has 0 unspecified atom stereocenters. The fraction of sp³-hybridized carbons (Fsp3) is 0.387. The number of amides is 1. The van der Waals surface area contributed by atoms with E-state index >= 15 is 0 Å². The number of rotatable bonds is 8. The SMILES string of the molecule is C=CC(=C)N[C@H]1CCN(C(=O)OC(C)(C)C)C[C@H]1Cc1ncc2cc(-c3c(Cl)c(OC)cc(OC)c3Cl)ccc2n1. The number of carbonyl (C=O) groups excluding carboxylic acids is 1. The van der Waals surface area contributed by atoms with Crippen molar-refractivity contribution in [2.24, 2.45) is 5.92 Å². The first-order valence-electron chi connectivity index (χ1n) is 13.4. The van der Waals surface area contributed by atoms with Crippen LogP contribution in [0, 0.1) is 5.92 Å². The van der Waals surface area contributed by atoms with Gasteiger partial charge in [0.2, 0.25) is 0 Å². The van der Waals surface area contributed by atoms with E-state index in [9.17, 15) is 4.79 Å². The molecule has 2 aromatic carbocycles. The molecule has 1 amide bonds. The minimum Gasteiger partial charge on any atom is -0.495 e. The Bertz CT molecular complexity index is 1440. The lowest BCUT2D eigenvalue weighted by Crippen LogP contribution is -2.52. The van der Waals surface area contributed by atoms with Crippen LogP contribution in [0.2, 0.25) is 10.0 Å². The Labute approximate surface area is 251 Å². The minimum atomic E-state index is -0.566. The van der Waals surface area contributed by atoms with Crippen molar-refractivity contribution in [3.63, 3.8) is 0 Å². The summed E-state index contributed by atoms with van der Waals surface area (Å²) in [5.74, 6) is 1.64. The van der Waals surface area contributed by atoms with E-state index in [-0.39, 0.29) is 18.1 Å². The Kier molecular flexibility index (Phi) is 9.34. The number of halogens is 2. The standard InChI is InChI=1S/C31H36Cl2N4O4/c1-8-18(2)35-23-11-12-37(30(38)41-31(3,4)5)17-21(23)14-26-34-16-20-13-19(9-10-22(20)36-26)27-28(32)24(39-6)15-25(40-7)29(27)33/h8-10,13,15-16,21,23,35H,1-2,11-12,14,17H2,3-7H3/t21-,23+/m1/s1. The van der Waals surface area contributed by atoms with Crippen LogP contribution in [0.5, 0.6) is 11.5 Å². The van der Waals surface area contributed by atoms with E-state index in [4.69, 9.17) is 42.4 Å². The smallest absolute Gasteiger partial charge is 0.410 e. The summed E-state index contributed by atoms with van der Waals surface area (Å²) in [5.41, 5.74) is 2.35. The van der Waals surface area contributed by atoms with E-state index in [1.807, 2.05) is 39.0 Å². The Morgan fingerprint density at radius 3 is 2.46 bits per heavy atom. The number of methoxy groups -OCH3 is 2. The number of ether oxygens (including phenoxy) is 3. The highest BCUT2D eigenvalue weighted by molar-refractivity contribution is 6.41. The molecule has 0 aliphatic carbocycles. The Morgan fingerprint density at radius 2 is 1.85 bits per heavy atom. The van der Waals surface area contributed by atoms with Crippen molar-refractivity contribution in [1.29, 1.82) is 0 Å². The van der Waals surface area contributed by atoms with Crippen molar-refractivity contribution in [3.05, 3.63) is 71.3 Å². The van der Waals surface area contributed by atoms with Gasteiger partial charge in [0, 0.05) is 60.4 Å². The molecule has 2 atom stereocenters. The van der Waals surface area contributed by atoms with Gasteiger partial charge >= 0.3 is 6.09 Å². The summed E-state index contributed by atoms with van der Waals surface area (Å²) in [4.78, 5) is 24.1. The maximum atomic E-state index is 12.8. The predicted molar refractivity (Wildman–Crippen MR) is 164 cm³/mol. The van der Waals surface area contributed by atoms with E-state index < -0.39 is 5.60 Å². The first kappa shape index (κ1) is 30.5. The summed E-state index contributed by atoms with van der Waals surface area (Å²) in [6.45, 7) is 14.5. The molecular weight excluding hydrogens is 563 g/mol. The average Bonchev–Trinajstić information content (AvgIpc) is 2.93. The zero-order valence-corrected chi connectivity index (χ0v) is 25.6. The molecule has 1 fully saturated rings. The average molecular weight is 600 g/mol. The van der Waals surface area contributed by atoms with Gasteiger partial charge in [0.05, 0.1) is 29.8 Å². The number of aromatic nitrogens is 2. The number of fused-ring (bicyclic) bond motifs is 1. The summed E-state index contributed by atoms with van der Waals surface area (Å²) < 4.78 is 16.5. The second-order valence-corrected chi connectivity index (χ2v) is 11.8. The molecule has 1 saturated heterocycles. The molecular formula is C31H36Cl2N4O4. The number of carbonyl (C=O) groups is 1. The van der Waals surface area contributed by atoms with Gasteiger partial charge in [-0.3, -0.25) is 0 Å². The normalized spacial score (nSPS) is 17.2. The van der Waals surface area contributed by atoms with Crippen molar-refractivity contribution in [2.75, 3.05) is 27.3 Å². The van der Waals surface area contributed by atoms with E-state index in [1.54, 1.807) is 37.5 Å². The van der Waals surface area contributed by atoms with Crippen LogP contribution < -0.4 is 14.8 Å². The lowest BCUT2D eigenvalue weighted by Gasteiger charge is -2.39. The summed E-state index contributed by atoms with van der Waals surface area (Å²) in [7, 11) is 3.08. The Balaban J connectivity index is 1.62. The summed E-state index contributed by atoms with van der Waals surface area (Å²) >= 11 is 13.3. The molecule has 1 aliphatic rings.